The van der Waals surface area contributed by atoms with Crippen molar-refractivity contribution in [2.24, 2.45) is 5.92 Å². The molecular weight excluding hydrogens is 535 g/mol. The minimum absolute atomic E-state index is 0.0201. The van der Waals surface area contributed by atoms with Crippen molar-refractivity contribution in [2.45, 2.75) is 50.6 Å². The van der Waals surface area contributed by atoms with Crippen molar-refractivity contribution in [3.05, 3.63) is 74.0 Å². The third-order valence-electron chi connectivity index (χ3n) is 7.31. The fourth-order valence-electron chi connectivity index (χ4n) is 5.05. The average molecular weight is 564 g/mol. The number of hydrogen-bond acceptors (Lipinski definition) is 4. The van der Waals surface area contributed by atoms with E-state index >= 15 is 0 Å². The Morgan fingerprint density at radius 3 is 2.45 bits per heavy atom. The number of ether oxygens (including phenoxy) is 1. The second kappa shape index (κ2) is 11.6. The van der Waals surface area contributed by atoms with Crippen LogP contribution in [0.15, 0.2) is 41.3 Å². The Bertz CT molecular complexity index is 1400. The van der Waals surface area contributed by atoms with E-state index in [0.717, 1.165) is 51.1 Å². The minimum Gasteiger partial charge on any atom is -0.492 e. The van der Waals surface area contributed by atoms with Gasteiger partial charge in [0.15, 0.2) is 0 Å². The molecule has 1 aromatic heterocycles. The Kier molecular flexibility index (Phi) is 8.21. The number of carbonyl (C=O) groups is 1. The van der Waals surface area contributed by atoms with Gasteiger partial charge in [0.05, 0.1) is 15.6 Å². The van der Waals surface area contributed by atoms with E-state index in [1.54, 1.807) is 12.3 Å². The van der Waals surface area contributed by atoms with E-state index in [1.165, 1.54) is 18.2 Å². The molecule has 5 rings (SSSR count). The molecule has 3 aromatic rings. The predicted octanol–water partition coefficient (Wildman–Crippen LogP) is 5.88. The van der Waals surface area contributed by atoms with Crippen LogP contribution in [0.3, 0.4) is 0 Å². The van der Waals surface area contributed by atoms with E-state index in [2.05, 4.69) is 10.6 Å². The molecule has 0 atom stereocenters. The number of benzene rings is 2. The second-order valence-electron chi connectivity index (χ2n) is 10.1. The van der Waals surface area contributed by atoms with Gasteiger partial charge in [0.2, 0.25) is 5.43 Å². The predicted molar refractivity (Wildman–Crippen MR) is 144 cm³/mol. The highest BCUT2D eigenvalue weighted by Crippen LogP contribution is 2.37. The number of pyridine rings is 1. The third kappa shape index (κ3) is 6.14. The molecule has 202 valence electrons. The van der Waals surface area contributed by atoms with Gasteiger partial charge < -0.3 is 19.9 Å². The van der Waals surface area contributed by atoms with Gasteiger partial charge in [-0.3, -0.25) is 9.59 Å². The quantitative estimate of drug-likeness (QED) is 0.319. The lowest BCUT2D eigenvalue weighted by atomic mass is 9.86. The SMILES string of the molecule is O=C(N[C@H]1CC[C@H](CNCCOc2ccc(Cl)c(F)c2)CC1)c1cn(C2CC2)c2cc(Cl)c(F)cc2c1=O. The largest absolute Gasteiger partial charge is 0.492 e. The Morgan fingerprint density at radius 2 is 1.74 bits per heavy atom. The Balaban J connectivity index is 1.11. The molecule has 2 saturated carbocycles. The van der Waals surface area contributed by atoms with Crippen LogP contribution in [0, 0.1) is 17.6 Å². The van der Waals surface area contributed by atoms with Crippen LogP contribution in [-0.4, -0.2) is 36.2 Å². The van der Waals surface area contributed by atoms with Crippen molar-refractivity contribution < 1.29 is 18.3 Å². The van der Waals surface area contributed by atoms with Crippen LogP contribution < -0.4 is 20.8 Å². The first-order valence-electron chi connectivity index (χ1n) is 12.9. The smallest absolute Gasteiger partial charge is 0.256 e. The summed E-state index contributed by atoms with van der Waals surface area (Å²) in [5.74, 6) is -0.688. The zero-order valence-electron chi connectivity index (χ0n) is 20.7. The van der Waals surface area contributed by atoms with Gasteiger partial charge in [0.1, 0.15) is 29.6 Å². The lowest BCUT2D eigenvalue weighted by molar-refractivity contribution is 0.0920. The molecule has 1 amide bonds. The zero-order chi connectivity index (χ0) is 26.8. The zero-order valence-corrected chi connectivity index (χ0v) is 22.3. The number of halogens is 4. The normalized spacial score (nSPS) is 19.5. The van der Waals surface area contributed by atoms with Gasteiger partial charge in [-0.2, -0.15) is 0 Å². The van der Waals surface area contributed by atoms with E-state index in [4.69, 9.17) is 27.9 Å². The first-order valence-corrected chi connectivity index (χ1v) is 13.7. The highest BCUT2D eigenvalue weighted by atomic mass is 35.5. The van der Waals surface area contributed by atoms with Crippen LogP contribution >= 0.6 is 23.2 Å². The number of carbonyl (C=O) groups excluding carboxylic acids is 1. The number of rotatable bonds is 9. The molecular formula is C28H29Cl2F2N3O3. The van der Waals surface area contributed by atoms with Crippen molar-refractivity contribution in [1.29, 1.82) is 0 Å². The molecule has 2 aliphatic rings. The molecule has 1 heterocycles. The number of hydrogen-bond donors (Lipinski definition) is 2. The molecule has 0 saturated heterocycles. The van der Waals surface area contributed by atoms with Crippen LogP contribution in [0.4, 0.5) is 8.78 Å². The average Bonchev–Trinajstić information content (AvgIpc) is 3.74. The van der Waals surface area contributed by atoms with Gasteiger partial charge in [-0.1, -0.05) is 23.2 Å². The molecule has 2 aromatic carbocycles. The van der Waals surface area contributed by atoms with Crippen LogP contribution in [-0.2, 0) is 0 Å². The Morgan fingerprint density at radius 1 is 1.00 bits per heavy atom. The van der Waals surface area contributed by atoms with Gasteiger partial charge in [-0.15, -0.1) is 0 Å². The molecule has 0 bridgehead atoms. The fraction of sp³-hybridized carbons (Fsp3) is 0.429. The lowest BCUT2D eigenvalue weighted by Crippen LogP contribution is -2.41. The van der Waals surface area contributed by atoms with Crippen molar-refractivity contribution in [3.63, 3.8) is 0 Å². The van der Waals surface area contributed by atoms with Crippen molar-refractivity contribution in [2.75, 3.05) is 19.7 Å². The van der Waals surface area contributed by atoms with Gasteiger partial charge in [-0.05, 0) is 75.3 Å². The molecule has 38 heavy (non-hydrogen) atoms. The molecule has 0 radical (unpaired) electrons. The highest BCUT2D eigenvalue weighted by molar-refractivity contribution is 6.31. The van der Waals surface area contributed by atoms with E-state index in [0.29, 0.717) is 30.3 Å². The molecule has 2 N–H and O–H groups in total. The number of fused-ring (bicyclic) bond motifs is 1. The lowest BCUT2D eigenvalue weighted by Gasteiger charge is -2.29. The fourth-order valence-corrected chi connectivity index (χ4v) is 5.32. The van der Waals surface area contributed by atoms with Crippen LogP contribution in [0.2, 0.25) is 10.0 Å². The number of amides is 1. The molecule has 10 heteroatoms. The summed E-state index contributed by atoms with van der Waals surface area (Å²) in [6, 6.07) is 7.13. The maximum absolute atomic E-state index is 14.1. The maximum Gasteiger partial charge on any atom is 0.256 e. The van der Waals surface area contributed by atoms with Gasteiger partial charge in [-0.25, -0.2) is 8.78 Å². The summed E-state index contributed by atoms with van der Waals surface area (Å²) in [6.45, 7) is 1.86. The third-order valence-corrected chi connectivity index (χ3v) is 7.91. The number of aromatic nitrogens is 1. The van der Waals surface area contributed by atoms with Crippen LogP contribution in [0.1, 0.15) is 54.9 Å². The summed E-state index contributed by atoms with van der Waals surface area (Å²) in [7, 11) is 0. The van der Waals surface area contributed by atoms with Crippen molar-refractivity contribution >= 4 is 40.0 Å². The molecule has 2 fully saturated rings. The summed E-state index contributed by atoms with van der Waals surface area (Å²) < 4.78 is 35.1. The summed E-state index contributed by atoms with van der Waals surface area (Å²) >= 11 is 11.6. The maximum atomic E-state index is 14.1. The minimum atomic E-state index is -0.673. The number of nitrogens with one attached hydrogen (secondary N) is 2. The first-order chi connectivity index (χ1) is 18.3. The summed E-state index contributed by atoms with van der Waals surface area (Å²) in [6.07, 6.45) is 6.99. The van der Waals surface area contributed by atoms with E-state index < -0.39 is 23.0 Å². The van der Waals surface area contributed by atoms with Gasteiger partial charge in [0.25, 0.3) is 5.91 Å². The van der Waals surface area contributed by atoms with Crippen molar-refractivity contribution in [3.8, 4) is 5.75 Å². The molecule has 6 nitrogen and oxygen atoms in total. The topological polar surface area (TPSA) is 72.4 Å². The first kappa shape index (κ1) is 26.9. The second-order valence-corrected chi connectivity index (χ2v) is 10.9. The summed E-state index contributed by atoms with van der Waals surface area (Å²) in [4.78, 5) is 26.2. The Labute approximate surface area is 229 Å². The molecule has 0 aliphatic heterocycles. The molecule has 0 spiro atoms. The van der Waals surface area contributed by atoms with Crippen LogP contribution in [0.25, 0.3) is 10.9 Å². The van der Waals surface area contributed by atoms with E-state index in [1.807, 2.05) is 4.57 Å². The molecule has 0 unspecified atom stereocenters. The highest BCUT2D eigenvalue weighted by Gasteiger charge is 2.29. The van der Waals surface area contributed by atoms with Crippen molar-refractivity contribution in [1.82, 2.24) is 15.2 Å². The van der Waals surface area contributed by atoms with E-state index in [9.17, 15) is 18.4 Å². The van der Waals surface area contributed by atoms with Gasteiger partial charge >= 0.3 is 0 Å². The molecule has 2 aliphatic carbocycles. The van der Waals surface area contributed by atoms with Gasteiger partial charge in [0, 0.05) is 36.3 Å². The summed E-state index contributed by atoms with van der Waals surface area (Å²) in [5, 5.41) is 6.59. The number of nitrogens with zero attached hydrogens (tertiary/aromatic N) is 1. The summed E-state index contributed by atoms with van der Waals surface area (Å²) in [5.41, 5.74) is 0.112. The van der Waals surface area contributed by atoms with E-state index in [-0.39, 0.29) is 33.1 Å². The Hall–Kier alpha value is -2.68. The van der Waals surface area contributed by atoms with Crippen LogP contribution in [0.5, 0.6) is 5.75 Å². The monoisotopic (exact) mass is 563 g/mol. The standard InChI is InChI=1S/C28H29Cl2F2N3O3/c29-22-8-7-19(11-24(22)31)38-10-9-33-14-16-1-3-17(4-2-16)34-28(37)21-15-35(18-5-6-18)26-13-23(30)25(32)12-20(26)27(21)36/h7-8,11-13,15-18,33H,1-6,9-10,14H2,(H,34,37)/t16-,17-.